The lowest BCUT2D eigenvalue weighted by Gasteiger charge is -2.22. The van der Waals surface area contributed by atoms with Crippen LogP contribution in [0.3, 0.4) is 0 Å². The zero-order valence-corrected chi connectivity index (χ0v) is 17.3. The van der Waals surface area contributed by atoms with Gasteiger partial charge in [-0.05, 0) is 36.1 Å². The Balaban J connectivity index is 1.81. The first kappa shape index (κ1) is 22.0. The second-order valence-corrected chi connectivity index (χ2v) is 8.05. The zero-order valence-electron chi connectivity index (χ0n) is 16.5. The maximum atomic E-state index is 13.6. The minimum atomic E-state index is -0.608. The molecule has 4 nitrogen and oxygen atoms in total. The standard InChI is InChI=1S/C22H27FN2O2S/c1-15(2)20(25-21(26)18-10-6-4-8-16(18)3)22(27)24-12-13-28-14-17-9-5-7-11-19(17)23/h4-11,15,20H,12-14H2,1-3H3,(H,24,27)(H,25,26)/t20-/m1/s1. The zero-order chi connectivity index (χ0) is 20.5. The van der Waals surface area contributed by atoms with Crippen LogP contribution in [-0.2, 0) is 10.5 Å². The van der Waals surface area contributed by atoms with Crippen LogP contribution in [0.5, 0.6) is 0 Å². The fourth-order valence-corrected chi connectivity index (χ4v) is 3.58. The van der Waals surface area contributed by atoms with Gasteiger partial charge >= 0.3 is 0 Å². The Morgan fingerprint density at radius 2 is 1.75 bits per heavy atom. The topological polar surface area (TPSA) is 58.2 Å². The number of aryl methyl sites for hydroxylation is 1. The van der Waals surface area contributed by atoms with Crippen molar-refractivity contribution in [1.82, 2.24) is 10.6 Å². The monoisotopic (exact) mass is 402 g/mol. The third kappa shape index (κ3) is 6.37. The molecule has 2 aromatic rings. The molecule has 0 aliphatic heterocycles. The highest BCUT2D eigenvalue weighted by molar-refractivity contribution is 7.98. The molecule has 0 aliphatic rings. The van der Waals surface area contributed by atoms with Crippen LogP contribution in [0.2, 0.25) is 0 Å². The quantitative estimate of drug-likeness (QED) is 0.625. The van der Waals surface area contributed by atoms with Crippen LogP contribution in [0.25, 0.3) is 0 Å². The Bertz CT molecular complexity index is 811. The van der Waals surface area contributed by atoms with Crippen LogP contribution in [0, 0.1) is 18.7 Å². The summed E-state index contributed by atoms with van der Waals surface area (Å²) < 4.78 is 13.6. The molecule has 0 bridgehead atoms. The van der Waals surface area contributed by atoms with E-state index in [0.29, 0.717) is 29.2 Å². The molecule has 150 valence electrons. The number of carbonyl (C=O) groups excluding carboxylic acids is 2. The summed E-state index contributed by atoms with van der Waals surface area (Å²) in [5.74, 6) is 0.512. The number of hydrogen-bond donors (Lipinski definition) is 2. The summed E-state index contributed by atoms with van der Waals surface area (Å²) in [6.07, 6.45) is 0. The predicted octanol–water partition coefficient (Wildman–Crippen LogP) is 3.94. The van der Waals surface area contributed by atoms with E-state index in [1.807, 2.05) is 39.0 Å². The first-order valence-corrected chi connectivity index (χ1v) is 10.5. The van der Waals surface area contributed by atoms with Crippen molar-refractivity contribution in [2.45, 2.75) is 32.6 Å². The van der Waals surface area contributed by atoms with Gasteiger partial charge in [-0.3, -0.25) is 9.59 Å². The Morgan fingerprint density at radius 1 is 1.07 bits per heavy atom. The molecule has 2 N–H and O–H groups in total. The van der Waals surface area contributed by atoms with Gasteiger partial charge < -0.3 is 10.6 Å². The van der Waals surface area contributed by atoms with Crippen molar-refractivity contribution in [1.29, 1.82) is 0 Å². The van der Waals surface area contributed by atoms with Crippen molar-refractivity contribution < 1.29 is 14.0 Å². The summed E-state index contributed by atoms with van der Waals surface area (Å²) in [5, 5.41) is 5.71. The lowest BCUT2D eigenvalue weighted by atomic mass is 10.0. The smallest absolute Gasteiger partial charge is 0.252 e. The molecule has 0 saturated heterocycles. The molecule has 0 unspecified atom stereocenters. The third-order valence-electron chi connectivity index (χ3n) is 4.39. The van der Waals surface area contributed by atoms with E-state index in [9.17, 15) is 14.0 Å². The van der Waals surface area contributed by atoms with E-state index in [2.05, 4.69) is 10.6 Å². The Morgan fingerprint density at radius 3 is 2.43 bits per heavy atom. The summed E-state index contributed by atoms with van der Waals surface area (Å²) in [6.45, 7) is 6.12. The molecule has 6 heteroatoms. The van der Waals surface area contributed by atoms with Crippen LogP contribution in [-0.4, -0.2) is 30.2 Å². The van der Waals surface area contributed by atoms with Crippen LogP contribution in [0.15, 0.2) is 48.5 Å². The Kier molecular flexibility index (Phi) is 8.51. The predicted molar refractivity (Wildman–Crippen MR) is 113 cm³/mol. The fraction of sp³-hybridized carbons (Fsp3) is 0.364. The average molecular weight is 403 g/mol. The van der Waals surface area contributed by atoms with Crippen molar-refractivity contribution in [3.05, 3.63) is 71.0 Å². The van der Waals surface area contributed by atoms with E-state index in [-0.39, 0.29) is 23.5 Å². The molecular weight excluding hydrogens is 375 g/mol. The highest BCUT2D eigenvalue weighted by atomic mass is 32.2. The van der Waals surface area contributed by atoms with Crippen molar-refractivity contribution in [2.24, 2.45) is 5.92 Å². The first-order chi connectivity index (χ1) is 13.4. The van der Waals surface area contributed by atoms with Crippen LogP contribution < -0.4 is 10.6 Å². The normalized spacial score (nSPS) is 11.9. The van der Waals surface area contributed by atoms with E-state index in [1.54, 1.807) is 36.0 Å². The van der Waals surface area contributed by atoms with E-state index >= 15 is 0 Å². The summed E-state index contributed by atoms with van der Waals surface area (Å²) in [4.78, 5) is 25.0. The average Bonchev–Trinajstić information content (AvgIpc) is 2.67. The summed E-state index contributed by atoms with van der Waals surface area (Å²) in [6, 6.07) is 13.4. The van der Waals surface area contributed by atoms with E-state index in [4.69, 9.17) is 0 Å². The molecule has 0 aliphatic carbocycles. The van der Waals surface area contributed by atoms with Crippen molar-refractivity contribution in [3.8, 4) is 0 Å². The molecule has 0 radical (unpaired) electrons. The molecule has 1 atom stereocenters. The van der Waals surface area contributed by atoms with Gasteiger partial charge in [-0.15, -0.1) is 0 Å². The number of hydrogen-bond acceptors (Lipinski definition) is 3. The van der Waals surface area contributed by atoms with Gasteiger partial charge in [0.1, 0.15) is 11.9 Å². The highest BCUT2D eigenvalue weighted by Gasteiger charge is 2.24. The second kappa shape index (κ2) is 10.9. The number of halogens is 1. The molecule has 0 aromatic heterocycles. The number of carbonyl (C=O) groups is 2. The largest absolute Gasteiger partial charge is 0.353 e. The maximum Gasteiger partial charge on any atom is 0.252 e. The van der Waals surface area contributed by atoms with E-state index < -0.39 is 6.04 Å². The number of benzene rings is 2. The highest BCUT2D eigenvalue weighted by Crippen LogP contribution is 2.15. The number of thioether (sulfide) groups is 1. The summed E-state index contributed by atoms with van der Waals surface area (Å²) in [5.41, 5.74) is 2.10. The van der Waals surface area contributed by atoms with Crippen molar-refractivity contribution in [2.75, 3.05) is 12.3 Å². The van der Waals surface area contributed by atoms with Gasteiger partial charge in [0.15, 0.2) is 0 Å². The molecule has 2 amide bonds. The molecule has 0 heterocycles. The lowest BCUT2D eigenvalue weighted by molar-refractivity contribution is -0.123. The maximum absolute atomic E-state index is 13.6. The molecule has 0 spiro atoms. The van der Waals surface area contributed by atoms with Gasteiger partial charge in [0, 0.05) is 23.6 Å². The minimum absolute atomic E-state index is 0.0426. The van der Waals surface area contributed by atoms with E-state index in [1.165, 1.54) is 6.07 Å². The van der Waals surface area contributed by atoms with Crippen LogP contribution in [0.1, 0.15) is 35.3 Å². The molecular formula is C22H27FN2O2S. The SMILES string of the molecule is Cc1ccccc1C(=O)N[C@@H](C(=O)NCCSCc1ccccc1F)C(C)C. The van der Waals surface area contributed by atoms with E-state index in [0.717, 1.165) is 5.56 Å². The number of amides is 2. The number of rotatable bonds is 9. The van der Waals surface area contributed by atoms with Crippen molar-refractivity contribution >= 4 is 23.6 Å². The minimum Gasteiger partial charge on any atom is -0.353 e. The van der Waals surface area contributed by atoms with Crippen LogP contribution in [0.4, 0.5) is 4.39 Å². The fourth-order valence-electron chi connectivity index (χ4n) is 2.74. The number of nitrogens with one attached hydrogen (secondary N) is 2. The van der Waals surface area contributed by atoms with Crippen LogP contribution >= 0.6 is 11.8 Å². The van der Waals surface area contributed by atoms with Crippen molar-refractivity contribution in [3.63, 3.8) is 0 Å². The van der Waals surface area contributed by atoms with Gasteiger partial charge in [0.05, 0.1) is 0 Å². The summed E-state index contributed by atoms with van der Waals surface area (Å²) >= 11 is 1.55. The lowest BCUT2D eigenvalue weighted by Crippen LogP contribution is -2.50. The second-order valence-electron chi connectivity index (χ2n) is 6.95. The first-order valence-electron chi connectivity index (χ1n) is 9.35. The van der Waals surface area contributed by atoms with Gasteiger partial charge in [0.25, 0.3) is 5.91 Å². The Hall–Kier alpha value is -2.34. The molecule has 0 saturated carbocycles. The van der Waals surface area contributed by atoms with Gasteiger partial charge in [-0.25, -0.2) is 4.39 Å². The van der Waals surface area contributed by atoms with Gasteiger partial charge in [0.2, 0.25) is 5.91 Å². The molecule has 28 heavy (non-hydrogen) atoms. The molecule has 2 aromatic carbocycles. The molecule has 0 fully saturated rings. The summed E-state index contributed by atoms with van der Waals surface area (Å²) in [7, 11) is 0. The van der Waals surface area contributed by atoms with Gasteiger partial charge in [-0.2, -0.15) is 11.8 Å². The Labute approximate surface area is 170 Å². The van der Waals surface area contributed by atoms with Gasteiger partial charge in [-0.1, -0.05) is 50.2 Å². The third-order valence-corrected chi connectivity index (χ3v) is 5.39. The molecule has 2 rings (SSSR count).